The van der Waals surface area contributed by atoms with Crippen molar-refractivity contribution in [1.82, 2.24) is 9.96 Å². The summed E-state index contributed by atoms with van der Waals surface area (Å²) in [5.74, 6) is 0.111. The molecule has 0 radical (unpaired) electrons. The first-order valence-electron chi connectivity index (χ1n) is 9.50. The zero-order chi connectivity index (χ0) is 18.5. The van der Waals surface area contributed by atoms with Crippen molar-refractivity contribution in [3.8, 4) is 0 Å². The Bertz CT molecular complexity index is 658. The fraction of sp³-hybridized carbons (Fsp3) is 0.600. The number of likely N-dealkylation sites (tertiary alicyclic amines) is 1. The number of piperidine rings is 1. The number of amides is 1. The second-order valence-corrected chi connectivity index (χ2v) is 7.66. The second-order valence-electron chi connectivity index (χ2n) is 7.22. The van der Waals surface area contributed by atoms with E-state index in [0.717, 1.165) is 56.5 Å². The van der Waals surface area contributed by atoms with Crippen LogP contribution in [-0.2, 0) is 9.63 Å². The number of benzene rings is 1. The average molecular weight is 379 g/mol. The van der Waals surface area contributed by atoms with Crippen LogP contribution in [0.15, 0.2) is 18.2 Å². The summed E-state index contributed by atoms with van der Waals surface area (Å²) in [4.78, 5) is 32.9. The zero-order valence-corrected chi connectivity index (χ0v) is 16.1. The highest BCUT2D eigenvalue weighted by Crippen LogP contribution is 2.24. The predicted octanol–water partition coefficient (Wildman–Crippen LogP) is 3.49. The number of rotatable bonds is 5. The Kier molecular flexibility index (Phi) is 6.68. The quantitative estimate of drug-likeness (QED) is 0.736. The molecule has 2 saturated heterocycles. The van der Waals surface area contributed by atoms with Gasteiger partial charge in [-0.1, -0.05) is 11.6 Å². The van der Waals surface area contributed by atoms with Gasteiger partial charge in [0.05, 0.1) is 6.61 Å². The first kappa shape index (κ1) is 19.3. The standard InChI is InChI=1S/C20H27ClN2O3/c1-15-13-17(21)6-7-18(15)20(25)16-5-4-9-22(14-16)19(24)8-11-23-10-2-3-12-26-23/h6-7,13,16H,2-5,8-12,14H2,1H3. The van der Waals surface area contributed by atoms with Crippen LogP contribution in [0.2, 0.25) is 5.02 Å². The summed E-state index contributed by atoms with van der Waals surface area (Å²) in [6.07, 6.45) is 4.36. The highest BCUT2D eigenvalue weighted by Gasteiger charge is 2.29. The molecule has 0 aromatic heterocycles. The summed E-state index contributed by atoms with van der Waals surface area (Å²) >= 11 is 5.99. The highest BCUT2D eigenvalue weighted by molar-refractivity contribution is 6.30. The largest absolute Gasteiger partial charge is 0.342 e. The zero-order valence-electron chi connectivity index (χ0n) is 15.4. The molecule has 142 valence electrons. The van der Waals surface area contributed by atoms with Crippen LogP contribution in [-0.4, -0.2) is 54.4 Å². The van der Waals surface area contributed by atoms with Gasteiger partial charge in [0.2, 0.25) is 5.91 Å². The lowest BCUT2D eigenvalue weighted by molar-refractivity contribution is -0.182. The number of hydrogen-bond acceptors (Lipinski definition) is 4. The predicted molar refractivity (Wildman–Crippen MR) is 101 cm³/mol. The van der Waals surface area contributed by atoms with E-state index >= 15 is 0 Å². The smallest absolute Gasteiger partial charge is 0.223 e. The van der Waals surface area contributed by atoms with Gasteiger partial charge in [0.1, 0.15) is 0 Å². The van der Waals surface area contributed by atoms with Crippen molar-refractivity contribution in [3.05, 3.63) is 34.3 Å². The van der Waals surface area contributed by atoms with Crippen LogP contribution in [0.4, 0.5) is 0 Å². The van der Waals surface area contributed by atoms with Crippen molar-refractivity contribution < 1.29 is 14.4 Å². The van der Waals surface area contributed by atoms with E-state index in [4.69, 9.17) is 16.4 Å². The molecule has 1 atom stereocenters. The van der Waals surface area contributed by atoms with E-state index in [-0.39, 0.29) is 17.6 Å². The van der Waals surface area contributed by atoms with Gasteiger partial charge >= 0.3 is 0 Å². The van der Waals surface area contributed by atoms with Gasteiger partial charge in [-0.05, 0) is 56.4 Å². The summed E-state index contributed by atoms with van der Waals surface area (Å²) in [5, 5.41) is 2.53. The van der Waals surface area contributed by atoms with Gasteiger partial charge in [-0.25, -0.2) is 0 Å². The van der Waals surface area contributed by atoms with E-state index in [0.29, 0.717) is 24.5 Å². The Labute approximate surface area is 160 Å². The van der Waals surface area contributed by atoms with Crippen molar-refractivity contribution in [1.29, 1.82) is 0 Å². The van der Waals surface area contributed by atoms with Gasteiger partial charge < -0.3 is 4.90 Å². The molecule has 2 fully saturated rings. The van der Waals surface area contributed by atoms with E-state index in [1.807, 2.05) is 23.0 Å². The van der Waals surface area contributed by atoms with Crippen molar-refractivity contribution in [2.45, 2.75) is 39.0 Å². The lowest BCUT2D eigenvalue weighted by atomic mass is 9.88. The molecule has 5 nitrogen and oxygen atoms in total. The third-order valence-corrected chi connectivity index (χ3v) is 5.48. The minimum Gasteiger partial charge on any atom is -0.342 e. The third-order valence-electron chi connectivity index (χ3n) is 5.25. The summed E-state index contributed by atoms with van der Waals surface area (Å²) < 4.78 is 0. The fourth-order valence-corrected chi connectivity index (χ4v) is 3.97. The molecule has 0 aliphatic carbocycles. The minimum atomic E-state index is -0.126. The molecule has 26 heavy (non-hydrogen) atoms. The average Bonchev–Trinajstić information content (AvgIpc) is 2.66. The molecule has 2 aliphatic rings. The van der Waals surface area contributed by atoms with Gasteiger partial charge in [-0.3, -0.25) is 14.4 Å². The molecule has 0 N–H and O–H groups in total. The molecule has 0 saturated carbocycles. The maximum absolute atomic E-state index is 12.9. The van der Waals surface area contributed by atoms with Gasteiger partial charge in [-0.15, -0.1) is 0 Å². The molecular formula is C20H27ClN2O3. The Morgan fingerprint density at radius 1 is 1.23 bits per heavy atom. The second kappa shape index (κ2) is 8.98. The summed E-state index contributed by atoms with van der Waals surface area (Å²) in [6.45, 7) is 5.43. The number of carbonyl (C=O) groups is 2. The van der Waals surface area contributed by atoms with Gasteiger partial charge in [0.25, 0.3) is 0 Å². The number of hydrogen-bond donors (Lipinski definition) is 0. The molecule has 1 aromatic rings. The minimum absolute atomic E-state index is 0.115. The van der Waals surface area contributed by atoms with E-state index in [2.05, 4.69) is 0 Å². The number of nitrogens with zero attached hydrogens (tertiary/aromatic N) is 2. The lowest BCUT2D eigenvalue weighted by Gasteiger charge is -2.33. The number of aryl methyl sites for hydroxylation is 1. The summed E-state index contributed by atoms with van der Waals surface area (Å²) in [5.41, 5.74) is 1.61. The van der Waals surface area contributed by atoms with Crippen molar-refractivity contribution in [2.24, 2.45) is 5.92 Å². The van der Waals surface area contributed by atoms with E-state index in [1.165, 1.54) is 0 Å². The third kappa shape index (κ3) is 4.84. The van der Waals surface area contributed by atoms with Gasteiger partial charge in [-0.2, -0.15) is 5.06 Å². The number of Topliss-reactive ketones (excluding diaryl/α,β-unsaturated/α-hetero) is 1. The van der Waals surface area contributed by atoms with E-state index in [9.17, 15) is 9.59 Å². The topological polar surface area (TPSA) is 49.9 Å². The Balaban J connectivity index is 1.56. The SMILES string of the molecule is Cc1cc(Cl)ccc1C(=O)C1CCCN(C(=O)CCN2CCCCO2)C1. The monoisotopic (exact) mass is 378 g/mol. The molecule has 1 amide bonds. The van der Waals surface area contributed by atoms with Crippen LogP contribution < -0.4 is 0 Å². The highest BCUT2D eigenvalue weighted by atomic mass is 35.5. The number of carbonyl (C=O) groups excluding carboxylic acids is 2. The number of ketones is 1. The lowest BCUT2D eigenvalue weighted by Crippen LogP contribution is -2.43. The van der Waals surface area contributed by atoms with Crippen molar-refractivity contribution >= 4 is 23.3 Å². The molecule has 0 spiro atoms. The Hall–Kier alpha value is -1.43. The first-order valence-corrected chi connectivity index (χ1v) is 9.88. The molecule has 6 heteroatoms. The molecule has 0 bridgehead atoms. The Morgan fingerprint density at radius 3 is 2.81 bits per heavy atom. The van der Waals surface area contributed by atoms with E-state index in [1.54, 1.807) is 12.1 Å². The maximum Gasteiger partial charge on any atom is 0.223 e. The fourth-order valence-electron chi connectivity index (χ4n) is 3.74. The normalized spacial score (nSPS) is 21.6. The number of hydroxylamine groups is 2. The number of halogens is 1. The summed E-state index contributed by atoms with van der Waals surface area (Å²) in [7, 11) is 0. The van der Waals surface area contributed by atoms with Crippen LogP contribution in [0, 0.1) is 12.8 Å². The van der Waals surface area contributed by atoms with Crippen LogP contribution >= 0.6 is 11.6 Å². The van der Waals surface area contributed by atoms with Crippen molar-refractivity contribution in [2.75, 3.05) is 32.8 Å². The molecule has 2 aliphatic heterocycles. The van der Waals surface area contributed by atoms with Crippen LogP contribution in [0.25, 0.3) is 0 Å². The van der Waals surface area contributed by atoms with Gasteiger partial charge in [0.15, 0.2) is 5.78 Å². The van der Waals surface area contributed by atoms with Gasteiger partial charge in [0, 0.05) is 49.1 Å². The first-order chi connectivity index (χ1) is 12.5. The van der Waals surface area contributed by atoms with Crippen molar-refractivity contribution in [3.63, 3.8) is 0 Å². The van der Waals surface area contributed by atoms with Crippen LogP contribution in [0.5, 0.6) is 0 Å². The Morgan fingerprint density at radius 2 is 2.08 bits per heavy atom. The van der Waals surface area contributed by atoms with Crippen LogP contribution in [0.3, 0.4) is 0 Å². The van der Waals surface area contributed by atoms with Crippen LogP contribution in [0.1, 0.15) is 48.0 Å². The molecular weight excluding hydrogens is 352 g/mol. The van der Waals surface area contributed by atoms with E-state index < -0.39 is 0 Å². The summed E-state index contributed by atoms with van der Waals surface area (Å²) in [6, 6.07) is 5.37. The maximum atomic E-state index is 12.9. The molecule has 2 heterocycles. The molecule has 3 rings (SSSR count). The molecule has 1 aromatic carbocycles. The molecule has 1 unspecified atom stereocenters.